The zero-order chi connectivity index (χ0) is 16.4. The minimum absolute atomic E-state index is 0.203. The number of para-hydroxylation sites is 1. The fraction of sp³-hybridized carbons (Fsp3) is 0.214. The Labute approximate surface area is 127 Å². The molecule has 0 unspecified atom stereocenters. The predicted octanol–water partition coefficient (Wildman–Crippen LogP) is 0.129. The molecule has 2 aromatic rings. The molecule has 0 amide bonds. The Balaban J connectivity index is 2.59. The van der Waals surface area contributed by atoms with E-state index in [0.717, 1.165) is 5.69 Å². The van der Waals surface area contributed by atoms with Gasteiger partial charge in [0.1, 0.15) is 5.69 Å². The molecular formula is C14H19N7O. The Bertz CT molecular complexity index is 782. The number of nitrogens with zero attached hydrogens (tertiary/aromatic N) is 4. The minimum atomic E-state index is -0.246. The molecule has 1 aromatic heterocycles. The molecule has 116 valence electrons. The summed E-state index contributed by atoms with van der Waals surface area (Å²) in [4.78, 5) is 17.8. The van der Waals surface area contributed by atoms with Gasteiger partial charge in [-0.05, 0) is 19.1 Å². The number of anilines is 1. The fourth-order valence-corrected chi connectivity index (χ4v) is 2.24. The Morgan fingerprint density at radius 3 is 2.41 bits per heavy atom. The van der Waals surface area contributed by atoms with Gasteiger partial charge in [-0.1, -0.05) is 18.2 Å². The second kappa shape index (κ2) is 5.76. The molecule has 0 saturated heterocycles. The van der Waals surface area contributed by atoms with Crippen LogP contribution in [0.4, 0.5) is 5.69 Å². The van der Waals surface area contributed by atoms with Gasteiger partial charge in [-0.3, -0.25) is 14.9 Å². The minimum Gasteiger partial charge on any atom is -0.370 e. The van der Waals surface area contributed by atoms with Crippen molar-refractivity contribution in [3.63, 3.8) is 0 Å². The van der Waals surface area contributed by atoms with Crippen molar-refractivity contribution < 1.29 is 0 Å². The molecule has 5 N–H and O–H groups in total. The summed E-state index contributed by atoms with van der Waals surface area (Å²) in [7, 11) is 3.36. The van der Waals surface area contributed by atoms with Crippen LogP contribution in [0.3, 0.4) is 0 Å². The lowest BCUT2D eigenvalue weighted by atomic mass is 10.3. The zero-order valence-corrected chi connectivity index (χ0v) is 12.7. The molecule has 0 fully saturated rings. The number of aromatic nitrogens is 2. The average molecular weight is 301 g/mol. The quantitative estimate of drug-likeness (QED) is 0.539. The number of hydrogen-bond donors (Lipinski definition) is 3. The number of benzene rings is 1. The molecule has 0 aliphatic carbocycles. The van der Waals surface area contributed by atoms with Crippen LogP contribution in [-0.4, -0.2) is 28.3 Å². The molecular weight excluding hydrogens is 282 g/mol. The largest absolute Gasteiger partial charge is 0.370 e. The van der Waals surface area contributed by atoms with Crippen LogP contribution in [-0.2, 0) is 7.05 Å². The lowest BCUT2D eigenvalue weighted by molar-refractivity contribution is 0.630. The number of aliphatic imine (C=N–C) groups is 1. The molecule has 0 atom stereocenters. The van der Waals surface area contributed by atoms with E-state index < -0.39 is 0 Å². The summed E-state index contributed by atoms with van der Waals surface area (Å²) >= 11 is 0. The lowest BCUT2D eigenvalue weighted by Crippen LogP contribution is -2.33. The Kier molecular flexibility index (Phi) is 4.02. The van der Waals surface area contributed by atoms with E-state index in [2.05, 4.69) is 4.99 Å². The summed E-state index contributed by atoms with van der Waals surface area (Å²) in [6.07, 6.45) is 0. The summed E-state index contributed by atoms with van der Waals surface area (Å²) in [5.74, 6) is -0.431. The van der Waals surface area contributed by atoms with Crippen LogP contribution in [0, 0.1) is 12.3 Å². The predicted molar refractivity (Wildman–Crippen MR) is 87.7 cm³/mol. The van der Waals surface area contributed by atoms with Gasteiger partial charge in [0, 0.05) is 14.1 Å². The first kappa shape index (κ1) is 15.4. The highest BCUT2D eigenvalue weighted by molar-refractivity contribution is 6.01. The van der Waals surface area contributed by atoms with Crippen LogP contribution >= 0.6 is 0 Å². The summed E-state index contributed by atoms with van der Waals surface area (Å²) in [5, 5.41) is 7.86. The van der Waals surface area contributed by atoms with Crippen molar-refractivity contribution in [3.05, 3.63) is 46.4 Å². The van der Waals surface area contributed by atoms with E-state index in [-0.39, 0.29) is 17.5 Å². The van der Waals surface area contributed by atoms with Crippen molar-refractivity contribution in [1.82, 2.24) is 9.36 Å². The van der Waals surface area contributed by atoms with Gasteiger partial charge in [-0.25, -0.2) is 4.68 Å². The van der Waals surface area contributed by atoms with Gasteiger partial charge < -0.3 is 16.4 Å². The Morgan fingerprint density at radius 1 is 1.27 bits per heavy atom. The highest BCUT2D eigenvalue weighted by Gasteiger charge is 2.21. The first-order valence-electron chi connectivity index (χ1n) is 6.60. The molecule has 22 heavy (non-hydrogen) atoms. The first-order valence-corrected chi connectivity index (χ1v) is 6.60. The molecule has 2 rings (SSSR count). The molecule has 0 spiro atoms. The summed E-state index contributed by atoms with van der Waals surface area (Å²) in [6, 6.07) is 9.27. The van der Waals surface area contributed by atoms with E-state index in [4.69, 9.17) is 16.9 Å². The fourth-order valence-electron chi connectivity index (χ4n) is 2.24. The molecule has 0 aliphatic heterocycles. The van der Waals surface area contributed by atoms with Crippen molar-refractivity contribution in [1.29, 1.82) is 5.41 Å². The maximum atomic E-state index is 12.7. The van der Waals surface area contributed by atoms with E-state index in [0.29, 0.717) is 11.4 Å². The Hall–Kier alpha value is -3.03. The SMILES string of the molecule is Cc1c(N(C)C(=N)N=C(N)N)c(=O)n(-c2ccccc2)n1C. The van der Waals surface area contributed by atoms with Gasteiger partial charge in [-0.15, -0.1) is 0 Å². The number of rotatable bonds is 2. The summed E-state index contributed by atoms with van der Waals surface area (Å²) in [6.45, 7) is 1.80. The van der Waals surface area contributed by atoms with E-state index >= 15 is 0 Å². The van der Waals surface area contributed by atoms with Crippen molar-refractivity contribution in [2.75, 3.05) is 11.9 Å². The molecule has 1 aromatic carbocycles. The first-order chi connectivity index (χ1) is 10.3. The molecule has 8 nitrogen and oxygen atoms in total. The molecule has 8 heteroatoms. The molecule has 0 saturated carbocycles. The third kappa shape index (κ3) is 2.58. The molecule has 0 radical (unpaired) electrons. The van der Waals surface area contributed by atoms with Gasteiger partial charge in [0.15, 0.2) is 5.96 Å². The second-order valence-corrected chi connectivity index (χ2v) is 4.83. The van der Waals surface area contributed by atoms with E-state index in [9.17, 15) is 4.79 Å². The van der Waals surface area contributed by atoms with Crippen LogP contribution in [0.5, 0.6) is 0 Å². The normalized spacial score (nSPS) is 10.3. The monoisotopic (exact) mass is 301 g/mol. The highest BCUT2D eigenvalue weighted by atomic mass is 16.1. The van der Waals surface area contributed by atoms with Crippen LogP contribution in [0.15, 0.2) is 40.1 Å². The molecule has 0 bridgehead atoms. The molecule has 1 heterocycles. The van der Waals surface area contributed by atoms with Gasteiger partial charge in [-0.2, -0.15) is 4.99 Å². The van der Waals surface area contributed by atoms with Gasteiger partial charge in [0.25, 0.3) is 5.56 Å². The number of hydrogen-bond acceptors (Lipinski definition) is 2. The third-order valence-corrected chi connectivity index (χ3v) is 3.41. The van der Waals surface area contributed by atoms with Crippen molar-refractivity contribution >= 4 is 17.6 Å². The number of nitrogens with one attached hydrogen (secondary N) is 1. The van der Waals surface area contributed by atoms with E-state index in [1.54, 1.807) is 25.7 Å². The van der Waals surface area contributed by atoms with Crippen LogP contribution < -0.4 is 21.9 Å². The van der Waals surface area contributed by atoms with Gasteiger partial charge >= 0.3 is 0 Å². The maximum absolute atomic E-state index is 12.7. The second-order valence-electron chi connectivity index (χ2n) is 4.83. The summed E-state index contributed by atoms with van der Waals surface area (Å²) < 4.78 is 3.26. The van der Waals surface area contributed by atoms with Crippen LogP contribution in [0.25, 0.3) is 5.69 Å². The van der Waals surface area contributed by atoms with Crippen LogP contribution in [0.2, 0.25) is 0 Å². The Morgan fingerprint density at radius 2 is 1.86 bits per heavy atom. The van der Waals surface area contributed by atoms with Crippen molar-refractivity contribution in [3.8, 4) is 5.69 Å². The third-order valence-electron chi connectivity index (χ3n) is 3.41. The average Bonchev–Trinajstić information content (AvgIpc) is 2.69. The maximum Gasteiger partial charge on any atom is 0.295 e. The van der Waals surface area contributed by atoms with Gasteiger partial charge in [0.05, 0.1) is 11.4 Å². The summed E-state index contributed by atoms with van der Waals surface area (Å²) in [5.41, 5.74) is 12.1. The lowest BCUT2D eigenvalue weighted by Gasteiger charge is -2.15. The van der Waals surface area contributed by atoms with E-state index in [1.807, 2.05) is 30.3 Å². The zero-order valence-electron chi connectivity index (χ0n) is 12.7. The topological polar surface area (TPSA) is 118 Å². The van der Waals surface area contributed by atoms with Gasteiger partial charge in [0.2, 0.25) is 5.96 Å². The van der Waals surface area contributed by atoms with Crippen molar-refractivity contribution in [2.45, 2.75) is 6.92 Å². The smallest absolute Gasteiger partial charge is 0.295 e. The van der Waals surface area contributed by atoms with E-state index in [1.165, 1.54) is 9.58 Å². The van der Waals surface area contributed by atoms with Crippen LogP contribution in [0.1, 0.15) is 5.69 Å². The molecule has 0 aliphatic rings. The number of nitrogens with two attached hydrogens (primary N) is 2. The number of guanidine groups is 2. The standard InChI is InChI=1S/C14H19N7O/c1-9-11(19(2)14(17)18-13(15)16)12(22)21(20(9)3)10-7-5-4-6-8-10/h4-8H,1-3H3,(H5,15,16,17,18). The highest BCUT2D eigenvalue weighted by Crippen LogP contribution is 2.17. The van der Waals surface area contributed by atoms with Crippen molar-refractivity contribution in [2.24, 2.45) is 23.5 Å².